The molecule has 0 heterocycles. The van der Waals surface area contributed by atoms with Crippen LogP contribution in [-0.2, 0) is 28.1 Å². The van der Waals surface area contributed by atoms with Gasteiger partial charge in [-0.25, -0.2) is 0 Å². The zero-order chi connectivity index (χ0) is 18.4. The SMILES string of the molecule is CCCc1c(Cc2ccc(N)c(CI)c2CCC)ccc(N)c1CI. The standard InChI is InChI=1S/C21H28I2N2/c1-3-5-16-14(7-9-20(24)18(16)12-22)11-15-8-10-21(25)19(13-23)17(15)6-4-2/h7-10H,3-6,11-13,24-25H2,1-2H3. The van der Waals surface area contributed by atoms with Crippen LogP contribution in [0.2, 0.25) is 0 Å². The van der Waals surface area contributed by atoms with Crippen molar-refractivity contribution in [3.8, 4) is 0 Å². The normalized spacial score (nSPS) is 11.0. The minimum absolute atomic E-state index is 0.931. The van der Waals surface area contributed by atoms with E-state index in [1.807, 2.05) is 0 Å². The van der Waals surface area contributed by atoms with Gasteiger partial charge < -0.3 is 11.5 Å². The van der Waals surface area contributed by atoms with Crippen molar-refractivity contribution in [1.82, 2.24) is 0 Å². The number of anilines is 2. The van der Waals surface area contributed by atoms with Crippen LogP contribution in [0.3, 0.4) is 0 Å². The minimum atomic E-state index is 0.931. The molecule has 0 saturated carbocycles. The summed E-state index contributed by atoms with van der Waals surface area (Å²) in [4.78, 5) is 0. The first-order valence-electron chi connectivity index (χ1n) is 8.97. The number of rotatable bonds is 8. The van der Waals surface area contributed by atoms with Crippen molar-refractivity contribution in [3.05, 3.63) is 57.6 Å². The number of nitrogen functional groups attached to an aromatic ring is 2. The van der Waals surface area contributed by atoms with Crippen LogP contribution in [-0.4, -0.2) is 0 Å². The van der Waals surface area contributed by atoms with Crippen molar-refractivity contribution >= 4 is 56.6 Å². The second-order valence-electron chi connectivity index (χ2n) is 6.49. The molecule has 0 aliphatic heterocycles. The molecule has 2 aromatic carbocycles. The molecule has 0 aromatic heterocycles. The third-order valence-corrected chi connectivity index (χ3v) is 6.30. The first kappa shape index (κ1) is 20.8. The average molecular weight is 562 g/mol. The Morgan fingerprint density at radius 3 is 1.40 bits per heavy atom. The zero-order valence-electron chi connectivity index (χ0n) is 15.2. The predicted octanol–water partition coefficient (Wildman–Crippen LogP) is 6.22. The molecule has 0 saturated heterocycles. The topological polar surface area (TPSA) is 52.0 Å². The van der Waals surface area contributed by atoms with Crippen molar-refractivity contribution in [2.24, 2.45) is 0 Å². The second kappa shape index (κ2) is 10.00. The number of hydrogen-bond donors (Lipinski definition) is 2. The van der Waals surface area contributed by atoms with Crippen LogP contribution >= 0.6 is 45.2 Å². The summed E-state index contributed by atoms with van der Waals surface area (Å²) >= 11 is 4.86. The molecule has 0 unspecified atom stereocenters. The Hall–Kier alpha value is -0.500. The molecule has 0 amide bonds. The van der Waals surface area contributed by atoms with E-state index in [0.29, 0.717) is 0 Å². The highest BCUT2D eigenvalue weighted by molar-refractivity contribution is 14.1. The van der Waals surface area contributed by atoms with Gasteiger partial charge in [0.25, 0.3) is 0 Å². The highest BCUT2D eigenvalue weighted by Crippen LogP contribution is 2.31. The Bertz CT molecular complexity index is 665. The van der Waals surface area contributed by atoms with Crippen molar-refractivity contribution in [1.29, 1.82) is 0 Å². The van der Waals surface area contributed by atoms with E-state index in [-0.39, 0.29) is 0 Å². The summed E-state index contributed by atoms with van der Waals surface area (Å²) in [6.07, 6.45) is 5.44. The molecule has 0 aliphatic rings. The van der Waals surface area contributed by atoms with Crippen LogP contribution in [0.1, 0.15) is 60.1 Å². The number of alkyl halides is 2. The molecule has 2 aromatic rings. The molecule has 2 nitrogen and oxygen atoms in total. The average Bonchev–Trinajstić information content (AvgIpc) is 2.60. The van der Waals surface area contributed by atoms with Gasteiger partial charge in [-0.1, -0.05) is 84.0 Å². The van der Waals surface area contributed by atoms with E-state index in [9.17, 15) is 0 Å². The van der Waals surface area contributed by atoms with Gasteiger partial charge in [-0.2, -0.15) is 0 Å². The number of nitrogens with two attached hydrogens (primary N) is 2. The molecule has 0 atom stereocenters. The third kappa shape index (κ3) is 4.81. The van der Waals surface area contributed by atoms with Gasteiger partial charge in [0.1, 0.15) is 0 Å². The molecule has 4 N–H and O–H groups in total. The van der Waals surface area contributed by atoms with E-state index < -0.39 is 0 Å². The minimum Gasteiger partial charge on any atom is -0.398 e. The van der Waals surface area contributed by atoms with Crippen molar-refractivity contribution in [3.63, 3.8) is 0 Å². The molecule has 0 spiro atoms. The maximum absolute atomic E-state index is 6.25. The summed E-state index contributed by atoms with van der Waals surface area (Å²) < 4.78 is 1.94. The molecule has 136 valence electrons. The predicted molar refractivity (Wildman–Crippen MR) is 128 cm³/mol. The van der Waals surface area contributed by atoms with Crippen LogP contribution in [0.5, 0.6) is 0 Å². The first-order valence-corrected chi connectivity index (χ1v) is 12.0. The number of halogens is 2. The molecular weight excluding hydrogens is 534 g/mol. The Morgan fingerprint density at radius 1 is 0.680 bits per heavy atom. The molecule has 4 heteroatoms. The van der Waals surface area contributed by atoms with Crippen molar-refractivity contribution < 1.29 is 0 Å². The summed E-state index contributed by atoms with van der Waals surface area (Å²) in [5.74, 6) is 0. The summed E-state index contributed by atoms with van der Waals surface area (Å²) in [7, 11) is 0. The molecule has 0 aliphatic carbocycles. The Kier molecular flexibility index (Phi) is 8.32. The van der Waals surface area contributed by atoms with Gasteiger partial charge in [0.05, 0.1) is 0 Å². The Morgan fingerprint density at radius 2 is 1.08 bits per heavy atom. The van der Waals surface area contributed by atoms with E-state index in [2.05, 4.69) is 83.3 Å². The van der Waals surface area contributed by atoms with Crippen LogP contribution < -0.4 is 11.5 Å². The Balaban J connectivity index is 2.53. The maximum Gasteiger partial charge on any atom is 0.0357 e. The van der Waals surface area contributed by atoms with E-state index in [4.69, 9.17) is 11.5 Å². The number of benzene rings is 2. The van der Waals surface area contributed by atoms with Crippen LogP contribution in [0.15, 0.2) is 24.3 Å². The van der Waals surface area contributed by atoms with Crippen LogP contribution in [0, 0.1) is 0 Å². The zero-order valence-corrected chi connectivity index (χ0v) is 19.5. The van der Waals surface area contributed by atoms with E-state index in [0.717, 1.165) is 52.3 Å². The monoisotopic (exact) mass is 562 g/mol. The maximum atomic E-state index is 6.25. The van der Waals surface area contributed by atoms with Crippen molar-refractivity contribution in [2.45, 2.75) is 54.8 Å². The van der Waals surface area contributed by atoms with Crippen molar-refractivity contribution in [2.75, 3.05) is 11.5 Å². The van der Waals surface area contributed by atoms with Gasteiger partial charge in [-0.3, -0.25) is 0 Å². The van der Waals surface area contributed by atoms with Gasteiger partial charge >= 0.3 is 0 Å². The van der Waals surface area contributed by atoms with E-state index in [1.54, 1.807) is 0 Å². The first-order chi connectivity index (χ1) is 12.1. The second-order valence-corrected chi connectivity index (χ2v) is 8.01. The summed E-state index contributed by atoms with van der Waals surface area (Å²) in [6, 6.07) is 8.62. The quantitative estimate of drug-likeness (QED) is 0.228. The fourth-order valence-electron chi connectivity index (χ4n) is 3.49. The highest BCUT2D eigenvalue weighted by Gasteiger charge is 2.15. The summed E-state index contributed by atoms with van der Waals surface area (Å²) in [6.45, 7) is 4.48. The lowest BCUT2D eigenvalue weighted by molar-refractivity contribution is 0.877. The third-order valence-electron chi connectivity index (χ3n) is 4.78. The highest BCUT2D eigenvalue weighted by atomic mass is 127. The molecular formula is C21H28I2N2. The fraction of sp³-hybridized carbons (Fsp3) is 0.429. The largest absolute Gasteiger partial charge is 0.398 e. The van der Waals surface area contributed by atoms with Gasteiger partial charge in [0, 0.05) is 20.2 Å². The lowest BCUT2D eigenvalue weighted by Gasteiger charge is -2.19. The summed E-state index contributed by atoms with van der Waals surface area (Å²) in [5, 5.41) is 0. The fourth-order valence-corrected chi connectivity index (χ4v) is 5.30. The lowest BCUT2D eigenvalue weighted by atomic mass is 9.88. The van der Waals surface area contributed by atoms with Gasteiger partial charge in [0.15, 0.2) is 0 Å². The molecule has 2 rings (SSSR count). The molecule has 0 radical (unpaired) electrons. The smallest absolute Gasteiger partial charge is 0.0357 e. The molecule has 25 heavy (non-hydrogen) atoms. The Labute approximate surface area is 179 Å². The molecule has 0 bridgehead atoms. The van der Waals surface area contributed by atoms with Gasteiger partial charge in [-0.15, -0.1) is 0 Å². The molecule has 0 fully saturated rings. The van der Waals surface area contributed by atoms with E-state index in [1.165, 1.54) is 33.4 Å². The lowest BCUT2D eigenvalue weighted by Crippen LogP contribution is -2.07. The van der Waals surface area contributed by atoms with Crippen LogP contribution in [0.25, 0.3) is 0 Å². The van der Waals surface area contributed by atoms with Gasteiger partial charge in [0.2, 0.25) is 0 Å². The summed E-state index contributed by atoms with van der Waals surface area (Å²) in [5.41, 5.74) is 22.7. The van der Waals surface area contributed by atoms with Gasteiger partial charge in [-0.05, 0) is 64.8 Å². The van der Waals surface area contributed by atoms with Crippen LogP contribution in [0.4, 0.5) is 11.4 Å². The number of hydrogen-bond acceptors (Lipinski definition) is 2. The van der Waals surface area contributed by atoms with E-state index >= 15 is 0 Å².